The molecule has 0 bridgehead atoms. The molecule has 0 atom stereocenters. The van der Waals surface area contributed by atoms with Crippen molar-refractivity contribution in [3.63, 3.8) is 0 Å². The van der Waals surface area contributed by atoms with Gasteiger partial charge in [-0.1, -0.05) is 30.3 Å². The van der Waals surface area contributed by atoms with Crippen LogP contribution in [0, 0.1) is 0 Å². The van der Waals surface area contributed by atoms with Gasteiger partial charge in [0.1, 0.15) is 0 Å². The van der Waals surface area contributed by atoms with Crippen molar-refractivity contribution in [3.05, 3.63) is 35.9 Å². The molecular weight excluding hydrogens is 123 g/mol. The van der Waals surface area contributed by atoms with E-state index >= 15 is 0 Å². The Morgan fingerprint density at radius 2 is 1.90 bits per heavy atom. The van der Waals surface area contributed by atoms with Gasteiger partial charge in [-0.2, -0.15) is 0 Å². The summed E-state index contributed by atoms with van der Waals surface area (Å²) in [5.41, 5.74) is 1.30. The van der Waals surface area contributed by atoms with Gasteiger partial charge < -0.3 is 5.02 Å². The third-order valence-corrected chi connectivity index (χ3v) is 1.47. The van der Waals surface area contributed by atoms with E-state index in [2.05, 4.69) is 12.1 Å². The predicted octanol–water partition coefficient (Wildman–Crippen LogP) is 0.991. The molecule has 0 saturated carbocycles. The zero-order chi connectivity index (χ0) is 7.23. The van der Waals surface area contributed by atoms with Crippen molar-refractivity contribution in [2.45, 2.75) is 12.7 Å². The largest absolute Gasteiger partial charge is 0.454 e. The van der Waals surface area contributed by atoms with Crippen molar-refractivity contribution >= 4 is 7.48 Å². The second kappa shape index (κ2) is 4.12. The Morgan fingerprint density at radius 1 is 1.20 bits per heavy atom. The smallest absolute Gasteiger partial charge is 0.271 e. The monoisotopic (exact) mass is 134 g/mol. The van der Waals surface area contributed by atoms with Crippen LogP contribution < -0.4 is 0 Å². The molecule has 1 rings (SSSR count). The van der Waals surface area contributed by atoms with E-state index in [1.165, 1.54) is 5.56 Å². The zero-order valence-corrected chi connectivity index (χ0v) is 5.96. The van der Waals surface area contributed by atoms with Crippen molar-refractivity contribution in [1.82, 2.24) is 0 Å². The van der Waals surface area contributed by atoms with Gasteiger partial charge in [0, 0.05) is 0 Å². The molecule has 1 nitrogen and oxygen atoms in total. The Kier molecular flexibility index (Phi) is 3.03. The Labute approximate surface area is 62.0 Å². The predicted molar refractivity (Wildman–Crippen MR) is 44.3 cm³/mol. The summed E-state index contributed by atoms with van der Waals surface area (Å²) in [6.07, 6.45) is 1.85. The molecule has 0 amide bonds. The minimum Gasteiger partial charge on any atom is -0.454 e. The minimum absolute atomic E-state index is 0.287. The SMILES string of the molecule is OBCCc1ccccc1. The van der Waals surface area contributed by atoms with E-state index in [-0.39, 0.29) is 7.48 Å². The number of hydrogen-bond acceptors (Lipinski definition) is 1. The summed E-state index contributed by atoms with van der Waals surface area (Å²) in [6.45, 7) is 0. The van der Waals surface area contributed by atoms with Crippen molar-refractivity contribution in [3.8, 4) is 0 Å². The highest BCUT2D eigenvalue weighted by Gasteiger charge is 1.89. The standard InChI is InChI=1S/C8H11BO/c10-9-7-6-8-4-2-1-3-5-8/h1-5,9-10H,6-7H2. The molecule has 0 aliphatic heterocycles. The van der Waals surface area contributed by atoms with Gasteiger partial charge >= 0.3 is 0 Å². The van der Waals surface area contributed by atoms with Crippen LogP contribution in [0.3, 0.4) is 0 Å². The van der Waals surface area contributed by atoms with Crippen LogP contribution in [0.25, 0.3) is 0 Å². The highest BCUT2D eigenvalue weighted by molar-refractivity contribution is 6.25. The Morgan fingerprint density at radius 3 is 2.50 bits per heavy atom. The summed E-state index contributed by atoms with van der Waals surface area (Å²) in [7, 11) is 0.287. The minimum atomic E-state index is 0.287. The highest BCUT2D eigenvalue weighted by atomic mass is 16.2. The van der Waals surface area contributed by atoms with E-state index in [4.69, 9.17) is 5.02 Å². The van der Waals surface area contributed by atoms with Crippen LogP contribution in [-0.4, -0.2) is 12.5 Å². The van der Waals surface area contributed by atoms with Gasteiger partial charge in [-0.25, -0.2) is 0 Å². The van der Waals surface area contributed by atoms with Crippen LogP contribution in [0.2, 0.25) is 6.32 Å². The molecule has 0 unspecified atom stereocenters. The van der Waals surface area contributed by atoms with Crippen molar-refractivity contribution in [1.29, 1.82) is 0 Å². The van der Waals surface area contributed by atoms with Crippen LogP contribution in [0.4, 0.5) is 0 Å². The van der Waals surface area contributed by atoms with Gasteiger partial charge in [0.05, 0.1) is 0 Å². The van der Waals surface area contributed by atoms with Gasteiger partial charge in [0.25, 0.3) is 7.48 Å². The van der Waals surface area contributed by atoms with E-state index in [0.717, 1.165) is 12.7 Å². The topological polar surface area (TPSA) is 20.2 Å². The molecule has 52 valence electrons. The van der Waals surface area contributed by atoms with E-state index < -0.39 is 0 Å². The summed E-state index contributed by atoms with van der Waals surface area (Å²) >= 11 is 0. The molecule has 10 heavy (non-hydrogen) atoms. The molecule has 0 fully saturated rings. The summed E-state index contributed by atoms with van der Waals surface area (Å²) in [5, 5.41) is 8.53. The lowest BCUT2D eigenvalue weighted by Crippen LogP contribution is -1.90. The second-order valence-corrected chi connectivity index (χ2v) is 2.31. The van der Waals surface area contributed by atoms with Crippen LogP contribution in [-0.2, 0) is 6.42 Å². The van der Waals surface area contributed by atoms with Gasteiger partial charge in [0.2, 0.25) is 0 Å². The average molecular weight is 134 g/mol. The third-order valence-electron chi connectivity index (χ3n) is 1.47. The molecular formula is C8H11BO. The van der Waals surface area contributed by atoms with Gasteiger partial charge in [-0.3, -0.25) is 0 Å². The third kappa shape index (κ3) is 2.23. The van der Waals surface area contributed by atoms with Crippen molar-refractivity contribution < 1.29 is 5.02 Å². The Bertz CT molecular complexity index is 174. The Balaban J connectivity index is 2.43. The van der Waals surface area contributed by atoms with Gasteiger partial charge in [-0.05, 0) is 18.3 Å². The van der Waals surface area contributed by atoms with Gasteiger partial charge in [0.15, 0.2) is 0 Å². The molecule has 0 aliphatic carbocycles. The molecule has 1 N–H and O–H groups in total. The molecule has 1 aromatic carbocycles. The van der Waals surface area contributed by atoms with E-state index in [9.17, 15) is 0 Å². The highest BCUT2D eigenvalue weighted by Crippen LogP contribution is 2.00. The fourth-order valence-electron chi connectivity index (χ4n) is 0.928. The fourth-order valence-corrected chi connectivity index (χ4v) is 0.928. The molecule has 0 heterocycles. The molecule has 0 saturated heterocycles. The maximum absolute atomic E-state index is 8.53. The second-order valence-electron chi connectivity index (χ2n) is 2.31. The van der Waals surface area contributed by atoms with Crippen LogP contribution in [0.5, 0.6) is 0 Å². The quantitative estimate of drug-likeness (QED) is 0.611. The lowest BCUT2D eigenvalue weighted by atomic mass is 9.91. The average Bonchev–Trinajstić information content (AvgIpc) is 2.03. The van der Waals surface area contributed by atoms with E-state index in [1.807, 2.05) is 18.2 Å². The molecule has 2 heteroatoms. The maximum Gasteiger partial charge on any atom is 0.271 e. The summed E-state index contributed by atoms with van der Waals surface area (Å²) in [5.74, 6) is 0. The fraction of sp³-hybridized carbons (Fsp3) is 0.250. The lowest BCUT2D eigenvalue weighted by Gasteiger charge is -1.95. The van der Waals surface area contributed by atoms with E-state index in [0.29, 0.717) is 0 Å². The first kappa shape index (κ1) is 7.35. The Hall–Kier alpha value is -0.755. The number of rotatable bonds is 3. The molecule has 0 aromatic heterocycles. The van der Waals surface area contributed by atoms with Gasteiger partial charge in [-0.15, -0.1) is 0 Å². The summed E-state index contributed by atoms with van der Waals surface area (Å²) in [4.78, 5) is 0. The molecule has 1 aromatic rings. The van der Waals surface area contributed by atoms with Crippen molar-refractivity contribution in [2.75, 3.05) is 0 Å². The van der Waals surface area contributed by atoms with Crippen LogP contribution in [0.15, 0.2) is 30.3 Å². The summed E-state index contributed by atoms with van der Waals surface area (Å²) < 4.78 is 0. The van der Waals surface area contributed by atoms with Crippen LogP contribution >= 0.6 is 0 Å². The first-order chi connectivity index (χ1) is 4.93. The number of hydrogen-bond donors (Lipinski definition) is 1. The molecule has 0 spiro atoms. The number of aryl methyl sites for hydroxylation is 1. The summed E-state index contributed by atoms with van der Waals surface area (Å²) in [6, 6.07) is 10.2. The van der Waals surface area contributed by atoms with Crippen LogP contribution in [0.1, 0.15) is 5.56 Å². The molecule has 0 aliphatic rings. The number of benzene rings is 1. The molecule has 0 radical (unpaired) electrons. The first-order valence-corrected chi connectivity index (χ1v) is 3.58. The first-order valence-electron chi connectivity index (χ1n) is 3.58. The van der Waals surface area contributed by atoms with Crippen molar-refractivity contribution in [2.24, 2.45) is 0 Å². The van der Waals surface area contributed by atoms with E-state index in [1.54, 1.807) is 0 Å². The lowest BCUT2D eigenvalue weighted by molar-refractivity contribution is 0.599. The normalized spacial score (nSPS) is 9.30. The maximum atomic E-state index is 8.53. The zero-order valence-electron chi connectivity index (χ0n) is 5.96.